The van der Waals surface area contributed by atoms with E-state index in [1.54, 1.807) is 23.1 Å². The molecular weight excluding hydrogens is 467 g/mol. The van der Waals surface area contributed by atoms with Gasteiger partial charge in [0.1, 0.15) is 11.4 Å². The third-order valence-electron chi connectivity index (χ3n) is 4.97. The van der Waals surface area contributed by atoms with Crippen molar-refractivity contribution in [2.45, 2.75) is 39.2 Å². The smallest absolute Gasteiger partial charge is 0.410 e. The summed E-state index contributed by atoms with van der Waals surface area (Å²) in [5.74, 6) is -0.668. The Morgan fingerprint density at radius 3 is 2.30 bits per heavy atom. The maximum atomic E-state index is 12.9. The summed E-state index contributed by atoms with van der Waals surface area (Å²) in [7, 11) is 0. The maximum Gasteiger partial charge on any atom is 0.410 e. The minimum absolute atomic E-state index is 0.236. The van der Waals surface area contributed by atoms with E-state index in [-0.39, 0.29) is 23.5 Å². The molecule has 2 N–H and O–H groups in total. The summed E-state index contributed by atoms with van der Waals surface area (Å²) in [5.41, 5.74) is -0.0274. The number of benzene rings is 1. The highest BCUT2D eigenvalue weighted by atomic mass is 35.5. The predicted molar refractivity (Wildman–Crippen MR) is 128 cm³/mol. The van der Waals surface area contributed by atoms with Crippen molar-refractivity contribution in [3.63, 3.8) is 0 Å². The molecule has 1 saturated heterocycles. The lowest BCUT2D eigenvalue weighted by atomic mass is 9.96. The number of hydrogen-bond acceptors (Lipinski definition) is 5. The largest absolute Gasteiger partial charge is 0.444 e. The van der Waals surface area contributed by atoms with Crippen LogP contribution in [0.4, 0.5) is 16.3 Å². The Kier molecular flexibility index (Phi) is 7.81. The summed E-state index contributed by atoms with van der Waals surface area (Å²) in [6.07, 6.45) is 2.01. The number of nitrogens with zero attached hydrogens (tertiary/aromatic N) is 2. The SMILES string of the molecule is CC(C)(C)OC(=O)N1CCC(C(=O)Nc2cc(Cl)ccc2C(=O)Nc2ccc(Cl)cn2)CC1. The van der Waals surface area contributed by atoms with Crippen LogP contribution >= 0.6 is 23.2 Å². The number of piperidine rings is 1. The average Bonchev–Trinajstić information content (AvgIpc) is 2.74. The molecule has 1 aromatic carbocycles. The number of carbonyl (C=O) groups excluding carboxylic acids is 3. The first kappa shape index (κ1) is 24.8. The van der Waals surface area contributed by atoms with Crippen LogP contribution in [0.2, 0.25) is 10.0 Å². The van der Waals surface area contributed by atoms with Gasteiger partial charge < -0.3 is 20.3 Å². The third-order valence-corrected chi connectivity index (χ3v) is 5.43. The third kappa shape index (κ3) is 7.07. The molecule has 0 spiro atoms. The highest BCUT2D eigenvalue weighted by Gasteiger charge is 2.30. The lowest BCUT2D eigenvalue weighted by Gasteiger charge is -2.33. The molecule has 0 saturated carbocycles. The second kappa shape index (κ2) is 10.4. The maximum absolute atomic E-state index is 12.9. The standard InChI is InChI=1S/C23H26Cl2N4O4/c1-23(2,3)33-22(32)29-10-8-14(9-11-29)20(30)27-18-12-15(24)4-6-17(18)21(31)28-19-7-5-16(25)13-26-19/h4-7,12-14H,8-11H2,1-3H3,(H,27,30)(H,26,28,31). The van der Waals surface area contributed by atoms with Gasteiger partial charge in [0, 0.05) is 30.2 Å². The van der Waals surface area contributed by atoms with Gasteiger partial charge in [0.05, 0.1) is 16.3 Å². The van der Waals surface area contributed by atoms with Crippen molar-refractivity contribution in [3.8, 4) is 0 Å². The molecular formula is C23H26Cl2N4O4. The van der Waals surface area contributed by atoms with Crippen molar-refractivity contribution in [1.82, 2.24) is 9.88 Å². The zero-order chi connectivity index (χ0) is 24.2. The fourth-order valence-corrected chi connectivity index (χ4v) is 3.62. The van der Waals surface area contributed by atoms with Crippen molar-refractivity contribution < 1.29 is 19.1 Å². The minimum Gasteiger partial charge on any atom is -0.444 e. The van der Waals surface area contributed by atoms with Crippen molar-refractivity contribution in [1.29, 1.82) is 0 Å². The number of likely N-dealkylation sites (tertiary alicyclic amines) is 1. The fraction of sp³-hybridized carbons (Fsp3) is 0.391. The Morgan fingerprint density at radius 1 is 1.03 bits per heavy atom. The molecule has 33 heavy (non-hydrogen) atoms. The van der Waals surface area contributed by atoms with Crippen LogP contribution < -0.4 is 10.6 Å². The number of amides is 3. The fourth-order valence-electron chi connectivity index (χ4n) is 3.34. The zero-order valence-electron chi connectivity index (χ0n) is 18.7. The average molecular weight is 493 g/mol. The number of halogens is 2. The minimum atomic E-state index is -0.573. The van der Waals surface area contributed by atoms with Crippen molar-refractivity contribution in [2.75, 3.05) is 23.7 Å². The van der Waals surface area contributed by atoms with Gasteiger partial charge in [0.25, 0.3) is 5.91 Å². The van der Waals surface area contributed by atoms with Gasteiger partial charge in [0.15, 0.2) is 0 Å². The van der Waals surface area contributed by atoms with E-state index in [4.69, 9.17) is 27.9 Å². The summed E-state index contributed by atoms with van der Waals surface area (Å²) < 4.78 is 5.39. The normalized spacial score (nSPS) is 14.5. The molecule has 1 aliphatic heterocycles. The van der Waals surface area contributed by atoms with Gasteiger partial charge in [-0.05, 0) is 63.9 Å². The number of anilines is 2. The monoisotopic (exact) mass is 492 g/mol. The molecule has 2 heterocycles. The molecule has 176 valence electrons. The molecule has 8 nitrogen and oxygen atoms in total. The van der Waals surface area contributed by atoms with Crippen LogP contribution in [0.3, 0.4) is 0 Å². The molecule has 10 heteroatoms. The molecule has 3 amide bonds. The number of pyridine rings is 1. The van der Waals surface area contributed by atoms with Crippen LogP contribution in [0.5, 0.6) is 0 Å². The van der Waals surface area contributed by atoms with Gasteiger partial charge >= 0.3 is 6.09 Å². The van der Waals surface area contributed by atoms with Gasteiger partial charge in [-0.15, -0.1) is 0 Å². The van der Waals surface area contributed by atoms with Crippen LogP contribution in [0, 0.1) is 5.92 Å². The number of hydrogen-bond donors (Lipinski definition) is 2. The Bertz CT molecular complexity index is 1030. The summed E-state index contributed by atoms with van der Waals surface area (Å²) >= 11 is 11.9. The van der Waals surface area contributed by atoms with Crippen LogP contribution in [0.15, 0.2) is 36.5 Å². The van der Waals surface area contributed by atoms with Gasteiger partial charge in [-0.3, -0.25) is 9.59 Å². The van der Waals surface area contributed by atoms with Crippen LogP contribution in [0.25, 0.3) is 0 Å². The van der Waals surface area contributed by atoms with E-state index < -0.39 is 11.5 Å². The van der Waals surface area contributed by atoms with Crippen molar-refractivity contribution in [2.24, 2.45) is 5.92 Å². The summed E-state index contributed by atoms with van der Waals surface area (Å²) in [5, 5.41) is 6.32. The second-order valence-electron chi connectivity index (χ2n) is 8.74. The molecule has 2 aromatic rings. The molecule has 0 bridgehead atoms. The number of nitrogens with one attached hydrogen (secondary N) is 2. The highest BCUT2D eigenvalue weighted by Crippen LogP contribution is 2.26. The lowest BCUT2D eigenvalue weighted by Crippen LogP contribution is -2.43. The van der Waals surface area contributed by atoms with E-state index in [1.165, 1.54) is 18.3 Å². The van der Waals surface area contributed by atoms with Crippen molar-refractivity contribution >= 4 is 52.6 Å². The predicted octanol–water partition coefficient (Wildman–Crippen LogP) is 5.23. The zero-order valence-corrected chi connectivity index (χ0v) is 20.2. The summed E-state index contributed by atoms with van der Waals surface area (Å²) in [4.78, 5) is 43.6. The molecule has 0 atom stereocenters. The first-order valence-electron chi connectivity index (χ1n) is 10.5. The Hall–Kier alpha value is -2.84. The molecule has 1 aliphatic rings. The van der Waals surface area contributed by atoms with E-state index >= 15 is 0 Å². The van der Waals surface area contributed by atoms with Crippen molar-refractivity contribution in [3.05, 3.63) is 52.1 Å². The molecule has 0 radical (unpaired) electrons. The van der Waals surface area contributed by atoms with Gasteiger partial charge in [-0.1, -0.05) is 23.2 Å². The van der Waals surface area contributed by atoms with Gasteiger partial charge in [-0.2, -0.15) is 0 Å². The van der Waals surface area contributed by atoms with Crippen LogP contribution in [0.1, 0.15) is 44.0 Å². The van der Waals surface area contributed by atoms with E-state index in [2.05, 4.69) is 15.6 Å². The molecule has 1 fully saturated rings. The quantitative estimate of drug-likeness (QED) is 0.608. The first-order chi connectivity index (χ1) is 15.5. The first-order valence-corrected chi connectivity index (χ1v) is 11.3. The summed E-state index contributed by atoms with van der Waals surface area (Å²) in [6, 6.07) is 7.82. The lowest BCUT2D eigenvalue weighted by molar-refractivity contribution is -0.121. The van der Waals surface area contributed by atoms with Crippen LogP contribution in [-0.4, -0.2) is 46.5 Å². The molecule has 0 aliphatic carbocycles. The second-order valence-corrected chi connectivity index (χ2v) is 9.61. The van der Waals surface area contributed by atoms with Gasteiger partial charge in [-0.25, -0.2) is 9.78 Å². The number of ether oxygens (including phenoxy) is 1. The molecule has 1 aromatic heterocycles. The van der Waals surface area contributed by atoms with E-state index in [0.717, 1.165) is 0 Å². The Balaban J connectivity index is 1.64. The number of aromatic nitrogens is 1. The van der Waals surface area contributed by atoms with E-state index in [0.29, 0.717) is 47.5 Å². The van der Waals surface area contributed by atoms with E-state index in [9.17, 15) is 14.4 Å². The Morgan fingerprint density at radius 2 is 1.70 bits per heavy atom. The highest BCUT2D eigenvalue weighted by molar-refractivity contribution is 6.31. The number of carbonyl (C=O) groups is 3. The van der Waals surface area contributed by atoms with E-state index in [1.807, 2.05) is 20.8 Å². The molecule has 0 unspecified atom stereocenters. The topological polar surface area (TPSA) is 101 Å². The summed E-state index contributed by atoms with van der Waals surface area (Å²) in [6.45, 7) is 6.27. The Labute approximate surface area is 202 Å². The van der Waals surface area contributed by atoms with Crippen LogP contribution in [-0.2, 0) is 9.53 Å². The molecule has 3 rings (SSSR count). The number of rotatable bonds is 4. The van der Waals surface area contributed by atoms with Gasteiger partial charge in [0.2, 0.25) is 5.91 Å².